The molecule has 3 aromatic carbocycles. The van der Waals surface area contributed by atoms with E-state index in [4.69, 9.17) is 33.2 Å². The van der Waals surface area contributed by atoms with Gasteiger partial charge in [0.25, 0.3) is 0 Å². The molecular formula is C29H28Cl2N8O. The molecule has 3 N–H and O–H groups in total. The summed E-state index contributed by atoms with van der Waals surface area (Å²) in [4.78, 5) is 31.0. The van der Waals surface area contributed by atoms with E-state index in [0.717, 1.165) is 31.7 Å². The quantitative estimate of drug-likeness (QED) is 0.232. The second-order valence-corrected chi connectivity index (χ2v) is 10.2. The summed E-state index contributed by atoms with van der Waals surface area (Å²) in [6.07, 6.45) is 3.76. The molecule has 0 bridgehead atoms. The normalized spacial score (nSPS) is 13.8. The van der Waals surface area contributed by atoms with E-state index < -0.39 is 0 Å². The fourth-order valence-corrected chi connectivity index (χ4v) is 4.40. The lowest BCUT2D eigenvalue weighted by Gasteiger charge is -2.32. The molecule has 1 aromatic heterocycles. The molecular weight excluding hydrogens is 547 g/mol. The molecule has 1 aliphatic rings. The molecule has 9 nitrogen and oxygen atoms in total. The van der Waals surface area contributed by atoms with Crippen molar-refractivity contribution in [3.8, 4) is 0 Å². The number of carbonyl (C=O) groups excluding carboxylic acids is 1. The van der Waals surface area contributed by atoms with Gasteiger partial charge in [-0.25, -0.2) is 4.79 Å². The summed E-state index contributed by atoms with van der Waals surface area (Å²) in [7, 11) is 2.10. The molecule has 1 fully saturated rings. The number of likely N-dealkylation sites (N-methyl/N-ethyl adjacent to an activating group) is 1. The number of nitrogens with one attached hydrogen (secondary N) is 3. The van der Waals surface area contributed by atoms with Crippen molar-refractivity contribution in [2.45, 2.75) is 0 Å². The van der Waals surface area contributed by atoms with Crippen LogP contribution in [0.3, 0.4) is 0 Å². The fraction of sp³-hybridized carbons (Fsp3) is 0.172. The first-order chi connectivity index (χ1) is 19.4. The third-order valence-corrected chi connectivity index (χ3v) is 6.67. The van der Waals surface area contributed by atoms with E-state index in [1.165, 1.54) is 0 Å². The summed E-state index contributed by atoms with van der Waals surface area (Å²) in [6, 6.07) is 21.4. The Balaban J connectivity index is 1.34. The van der Waals surface area contributed by atoms with E-state index in [1.807, 2.05) is 54.6 Å². The number of amides is 2. The molecule has 1 aliphatic heterocycles. The van der Waals surface area contributed by atoms with Crippen molar-refractivity contribution in [3.05, 3.63) is 94.2 Å². The average molecular weight is 576 g/mol. The summed E-state index contributed by atoms with van der Waals surface area (Å²) in [5, 5.41) is 10.2. The summed E-state index contributed by atoms with van der Waals surface area (Å²) in [6.45, 7) is 3.49. The molecule has 204 valence electrons. The van der Waals surface area contributed by atoms with Gasteiger partial charge in [-0.1, -0.05) is 47.5 Å². The van der Waals surface area contributed by atoms with Gasteiger partial charge in [0.1, 0.15) is 0 Å². The Morgan fingerprint density at radius 2 is 1.50 bits per heavy atom. The second kappa shape index (κ2) is 12.8. The molecule has 5 rings (SSSR count). The molecule has 0 spiro atoms. The Labute approximate surface area is 242 Å². The van der Waals surface area contributed by atoms with Crippen LogP contribution in [0.2, 0.25) is 10.0 Å². The SMILES string of the molecule is CN1CCN(c2nc(/C=C/c3cccc(Cl)c3)nc(Nc3cccc(NC(=O)Nc4ccc(Cl)cc4)c3)n2)CC1. The minimum absolute atomic E-state index is 0.370. The first-order valence-electron chi connectivity index (χ1n) is 12.7. The molecule has 0 saturated carbocycles. The number of halogens is 2. The van der Waals surface area contributed by atoms with Gasteiger partial charge in [0.2, 0.25) is 11.9 Å². The van der Waals surface area contributed by atoms with Crippen molar-refractivity contribution in [1.29, 1.82) is 0 Å². The Morgan fingerprint density at radius 3 is 2.27 bits per heavy atom. The highest BCUT2D eigenvalue weighted by Crippen LogP contribution is 2.22. The predicted molar refractivity (Wildman–Crippen MR) is 164 cm³/mol. The first-order valence-corrected chi connectivity index (χ1v) is 13.5. The van der Waals surface area contributed by atoms with Crippen molar-refractivity contribution in [3.63, 3.8) is 0 Å². The van der Waals surface area contributed by atoms with Gasteiger partial charge in [-0.15, -0.1) is 0 Å². The summed E-state index contributed by atoms with van der Waals surface area (Å²) in [5.41, 5.74) is 2.89. The van der Waals surface area contributed by atoms with E-state index in [-0.39, 0.29) is 6.03 Å². The van der Waals surface area contributed by atoms with Gasteiger partial charge < -0.3 is 25.8 Å². The van der Waals surface area contributed by atoms with Crippen LogP contribution in [0.15, 0.2) is 72.8 Å². The smallest absolute Gasteiger partial charge is 0.323 e. The molecule has 0 aliphatic carbocycles. The monoisotopic (exact) mass is 574 g/mol. The van der Waals surface area contributed by atoms with Crippen LogP contribution in [0, 0.1) is 0 Å². The van der Waals surface area contributed by atoms with Gasteiger partial charge in [-0.3, -0.25) is 0 Å². The number of hydrogen-bond acceptors (Lipinski definition) is 7. The minimum atomic E-state index is -0.370. The molecule has 40 heavy (non-hydrogen) atoms. The number of benzene rings is 3. The van der Waals surface area contributed by atoms with Gasteiger partial charge in [-0.05, 0) is 73.3 Å². The second-order valence-electron chi connectivity index (χ2n) is 9.29. The molecule has 0 radical (unpaired) electrons. The zero-order valence-corrected chi connectivity index (χ0v) is 23.3. The summed E-state index contributed by atoms with van der Waals surface area (Å²) < 4.78 is 0. The first kappa shape index (κ1) is 27.4. The zero-order valence-electron chi connectivity index (χ0n) is 21.8. The van der Waals surface area contributed by atoms with Crippen molar-refractivity contribution >= 4 is 70.3 Å². The highest BCUT2D eigenvalue weighted by molar-refractivity contribution is 6.31. The molecule has 0 unspecified atom stereocenters. The fourth-order valence-electron chi connectivity index (χ4n) is 4.07. The molecule has 4 aromatic rings. The number of urea groups is 1. The third kappa shape index (κ3) is 7.69. The molecule has 2 heterocycles. The van der Waals surface area contributed by atoms with E-state index in [9.17, 15) is 4.79 Å². The van der Waals surface area contributed by atoms with E-state index in [0.29, 0.717) is 44.8 Å². The number of carbonyl (C=O) groups is 1. The Bertz CT molecular complexity index is 1500. The van der Waals surface area contributed by atoms with Gasteiger partial charge in [0.15, 0.2) is 5.82 Å². The lowest BCUT2D eigenvalue weighted by atomic mass is 10.2. The summed E-state index contributed by atoms with van der Waals surface area (Å²) in [5.74, 6) is 1.52. The van der Waals surface area contributed by atoms with E-state index >= 15 is 0 Å². The van der Waals surface area contributed by atoms with E-state index in [1.54, 1.807) is 30.3 Å². The number of anilines is 5. The van der Waals surface area contributed by atoms with Crippen molar-refractivity contribution in [2.24, 2.45) is 0 Å². The number of rotatable bonds is 7. The Kier molecular flexibility index (Phi) is 8.75. The van der Waals surface area contributed by atoms with Crippen LogP contribution in [-0.4, -0.2) is 59.1 Å². The lowest BCUT2D eigenvalue weighted by molar-refractivity contribution is 0.262. The van der Waals surface area contributed by atoms with Crippen LogP contribution >= 0.6 is 23.2 Å². The Morgan fingerprint density at radius 1 is 0.775 bits per heavy atom. The van der Waals surface area contributed by atoms with Gasteiger partial charge in [-0.2, -0.15) is 15.0 Å². The maximum Gasteiger partial charge on any atom is 0.323 e. The highest BCUT2D eigenvalue weighted by Gasteiger charge is 2.18. The maximum atomic E-state index is 12.5. The molecule has 0 atom stereocenters. The molecule has 11 heteroatoms. The van der Waals surface area contributed by atoms with Gasteiger partial charge >= 0.3 is 6.03 Å². The standard InChI is InChI=1S/C29H28Cl2N8O/c1-38-14-16-39(17-15-38)28-36-26(13-8-20-4-2-5-22(31)18-20)35-27(37-28)32-24-6-3-7-25(19-24)34-29(40)33-23-11-9-21(30)10-12-23/h2-13,18-19H,14-17H2,1H3,(H2,33,34,40)(H,32,35,36,37)/b13-8+. The van der Waals surface area contributed by atoms with Crippen LogP contribution < -0.4 is 20.9 Å². The number of piperazine rings is 1. The van der Waals surface area contributed by atoms with Crippen LogP contribution in [0.1, 0.15) is 11.4 Å². The minimum Gasteiger partial charge on any atom is -0.338 e. The topological polar surface area (TPSA) is 98.3 Å². The summed E-state index contributed by atoms with van der Waals surface area (Å²) >= 11 is 12.1. The van der Waals surface area contributed by atoms with E-state index in [2.05, 4.69) is 37.8 Å². The van der Waals surface area contributed by atoms with Crippen LogP contribution in [0.4, 0.5) is 33.8 Å². The van der Waals surface area contributed by atoms with Gasteiger partial charge in [0.05, 0.1) is 0 Å². The maximum absolute atomic E-state index is 12.5. The largest absolute Gasteiger partial charge is 0.338 e. The van der Waals surface area contributed by atoms with Crippen LogP contribution in [-0.2, 0) is 0 Å². The Hall–Kier alpha value is -4.18. The van der Waals surface area contributed by atoms with Crippen molar-refractivity contribution in [1.82, 2.24) is 19.9 Å². The number of aromatic nitrogens is 3. The van der Waals surface area contributed by atoms with Crippen LogP contribution in [0.25, 0.3) is 12.2 Å². The third-order valence-electron chi connectivity index (χ3n) is 6.18. The zero-order chi connectivity index (χ0) is 27.9. The number of nitrogens with zero attached hydrogens (tertiary/aromatic N) is 5. The van der Waals surface area contributed by atoms with Crippen LogP contribution in [0.5, 0.6) is 0 Å². The number of hydrogen-bond donors (Lipinski definition) is 3. The molecule has 2 amide bonds. The highest BCUT2D eigenvalue weighted by atomic mass is 35.5. The predicted octanol–water partition coefficient (Wildman–Crippen LogP) is 6.49. The average Bonchev–Trinajstić information content (AvgIpc) is 2.94. The molecule has 1 saturated heterocycles. The lowest BCUT2D eigenvalue weighted by Crippen LogP contribution is -2.45. The van der Waals surface area contributed by atoms with Crippen molar-refractivity contribution in [2.75, 3.05) is 54.1 Å². The van der Waals surface area contributed by atoms with Crippen molar-refractivity contribution < 1.29 is 4.79 Å². The van der Waals surface area contributed by atoms with Gasteiger partial charge in [0, 0.05) is 53.3 Å².